The molecule has 23 heavy (non-hydrogen) atoms. The molecule has 0 unspecified atom stereocenters. The van der Waals surface area contributed by atoms with Crippen LogP contribution in [0.2, 0.25) is 0 Å². The maximum Gasteiger partial charge on any atom is 0.259 e. The van der Waals surface area contributed by atoms with E-state index in [1.54, 1.807) is 6.20 Å². The molecule has 2 aromatic rings. The smallest absolute Gasteiger partial charge is 0.259 e. The molecule has 3 heterocycles. The van der Waals surface area contributed by atoms with E-state index in [1.165, 1.54) is 11.3 Å². The zero-order chi connectivity index (χ0) is 16.6. The van der Waals surface area contributed by atoms with Gasteiger partial charge in [-0.15, -0.1) is 11.3 Å². The van der Waals surface area contributed by atoms with E-state index in [-0.39, 0.29) is 17.7 Å². The molecule has 0 radical (unpaired) electrons. The minimum atomic E-state index is -0.407. The third-order valence-corrected chi connectivity index (χ3v) is 5.51. The third kappa shape index (κ3) is 2.95. The van der Waals surface area contributed by atoms with Crippen molar-refractivity contribution in [2.75, 3.05) is 13.1 Å². The molecular formula is C17H21N3O2S. The molecular weight excluding hydrogens is 310 g/mol. The third-order valence-electron chi connectivity index (χ3n) is 4.36. The highest BCUT2D eigenvalue weighted by atomic mass is 32.1. The van der Waals surface area contributed by atoms with Crippen molar-refractivity contribution in [3.05, 3.63) is 28.8 Å². The number of carbonyl (C=O) groups is 2. The first-order valence-electron chi connectivity index (χ1n) is 7.95. The Morgan fingerprint density at radius 3 is 2.91 bits per heavy atom. The van der Waals surface area contributed by atoms with Crippen LogP contribution in [0.3, 0.4) is 0 Å². The summed E-state index contributed by atoms with van der Waals surface area (Å²) >= 11 is 1.35. The summed E-state index contributed by atoms with van der Waals surface area (Å²) in [6, 6.07) is 3.87. The van der Waals surface area contributed by atoms with E-state index in [2.05, 4.69) is 4.98 Å². The highest BCUT2D eigenvalue weighted by molar-refractivity contribution is 7.20. The number of piperidine rings is 1. The molecule has 0 aromatic carbocycles. The minimum Gasteiger partial charge on any atom is -0.365 e. The van der Waals surface area contributed by atoms with Gasteiger partial charge in [0.15, 0.2) is 0 Å². The van der Waals surface area contributed by atoms with Crippen LogP contribution in [0, 0.1) is 5.92 Å². The Labute approximate surface area is 139 Å². The lowest BCUT2D eigenvalue weighted by Gasteiger charge is -2.34. The molecule has 0 spiro atoms. The summed E-state index contributed by atoms with van der Waals surface area (Å²) in [5.74, 6) is -0.0968. The topological polar surface area (TPSA) is 76.3 Å². The Hall–Kier alpha value is -1.95. The van der Waals surface area contributed by atoms with Gasteiger partial charge >= 0.3 is 0 Å². The maximum atomic E-state index is 12.3. The monoisotopic (exact) mass is 331 g/mol. The van der Waals surface area contributed by atoms with Crippen LogP contribution in [0.15, 0.2) is 18.3 Å². The molecule has 1 saturated heterocycles. The summed E-state index contributed by atoms with van der Waals surface area (Å²) in [7, 11) is 0. The average Bonchev–Trinajstić information content (AvgIpc) is 2.94. The van der Waals surface area contributed by atoms with Crippen molar-refractivity contribution < 1.29 is 9.59 Å². The van der Waals surface area contributed by atoms with Crippen molar-refractivity contribution in [1.82, 2.24) is 9.88 Å². The van der Waals surface area contributed by atoms with Gasteiger partial charge in [-0.3, -0.25) is 9.59 Å². The number of fused-ring (bicyclic) bond motifs is 1. The molecule has 1 aliphatic heterocycles. The molecule has 5 nitrogen and oxygen atoms in total. The fraction of sp³-hybridized carbons (Fsp3) is 0.471. The van der Waals surface area contributed by atoms with Crippen LogP contribution in [-0.4, -0.2) is 34.8 Å². The highest BCUT2D eigenvalue weighted by Gasteiger charge is 2.30. The minimum absolute atomic E-state index is 0.00903. The van der Waals surface area contributed by atoms with E-state index in [4.69, 9.17) is 5.73 Å². The largest absolute Gasteiger partial charge is 0.365 e. The molecule has 0 aliphatic carbocycles. The predicted molar refractivity (Wildman–Crippen MR) is 91.5 cm³/mol. The fourth-order valence-electron chi connectivity index (χ4n) is 3.32. The Balaban J connectivity index is 2.00. The van der Waals surface area contributed by atoms with Gasteiger partial charge in [-0.1, -0.05) is 19.9 Å². The first kappa shape index (κ1) is 15.9. The molecule has 2 N–H and O–H groups in total. The van der Waals surface area contributed by atoms with Crippen LogP contribution in [0.4, 0.5) is 0 Å². The maximum absolute atomic E-state index is 12.3. The SMILES string of the molecule is CC(C)C(=O)N1CCC[C@H](c2c(C(N)=O)sc3ncccc23)C1. The van der Waals surface area contributed by atoms with E-state index in [0.29, 0.717) is 11.4 Å². The van der Waals surface area contributed by atoms with Gasteiger partial charge in [-0.25, -0.2) is 4.98 Å². The number of hydrogen-bond acceptors (Lipinski definition) is 4. The molecule has 1 atom stereocenters. The Morgan fingerprint density at radius 2 is 2.22 bits per heavy atom. The lowest BCUT2D eigenvalue weighted by molar-refractivity contribution is -0.135. The van der Waals surface area contributed by atoms with Crippen LogP contribution in [0.5, 0.6) is 0 Å². The van der Waals surface area contributed by atoms with E-state index < -0.39 is 5.91 Å². The summed E-state index contributed by atoms with van der Waals surface area (Å²) in [6.07, 6.45) is 3.63. The van der Waals surface area contributed by atoms with E-state index >= 15 is 0 Å². The molecule has 1 fully saturated rings. The Kier molecular flexibility index (Phi) is 4.35. The average molecular weight is 331 g/mol. The van der Waals surface area contributed by atoms with Gasteiger partial charge in [0.05, 0.1) is 4.88 Å². The second-order valence-corrected chi connectivity index (χ2v) is 7.34. The number of pyridine rings is 1. The normalized spacial score (nSPS) is 18.6. The number of nitrogens with zero attached hydrogens (tertiary/aromatic N) is 2. The summed E-state index contributed by atoms with van der Waals surface area (Å²) in [6.45, 7) is 5.28. The molecule has 122 valence electrons. The van der Waals surface area contributed by atoms with Crippen LogP contribution < -0.4 is 5.73 Å². The number of primary amides is 1. The van der Waals surface area contributed by atoms with Crippen molar-refractivity contribution in [3.8, 4) is 0 Å². The van der Waals surface area contributed by atoms with Gasteiger partial charge in [-0.05, 0) is 24.5 Å². The number of likely N-dealkylation sites (tertiary alicyclic amines) is 1. The van der Waals surface area contributed by atoms with Gasteiger partial charge in [0, 0.05) is 36.5 Å². The zero-order valence-corrected chi connectivity index (χ0v) is 14.2. The molecule has 0 saturated carbocycles. The second-order valence-electron chi connectivity index (χ2n) is 6.34. The highest BCUT2D eigenvalue weighted by Crippen LogP contribution is 2.39. The standard InChI is InChI=1S/C17H21N3O2S/c1-10(2)17(22)20-8-4-5-11(9-20)13-12-6-3-7-19-16(12)23-14(13)15(18)21/h3,6-7,10-11H,4-5,8-9H2,1-2H3,(H2,18,21)/t11-/m0/s1. The van der Waals surface area contributed by atoms with Crippen molar-refractivity contribution in [3.63, 3.8) is 0 Å². The first-order chi connectivity index (χ1) is 11.0. The zero-order valence-electron chi connectivity index (χ0n) is 13.4. The van der Waals surface area contributed by atoms with Crippen molar-refractivity contribution >= 4 is 33.4 Å². The molecule has 2 amide bonds. The van der Waals surface area contributed by atoms with Crippen LogP contribution >= 0.6 is 11.3 Å². The lowest BCUT2D eigenvalue weighted by atomic mass is 9.88. The van der Waals surface area contributed by atoms with Crippen LogP contribution in [0.25, 0.3) is 10.2 Å². The van der Waals surface area contributed by atoms with Gasteiger partial charge in [-0.2, -0.15) is 0 Å². The summed E-state index contributed by atoms with van der Waals surface area (Å²) in [5.41, 5.74) is 6.57. The molecule has 1 aliphatic rings. The van der Waals surface area contributed by atoms with Gasteiger partial charge in [0.25, 0.3) is 5.91 Å². The van der Waals surface area contributed by atoms with Crippen molar-refractivity contribution in [2.24, 2.45) is 11.7 Å². The van der Waals surface area contributed by atoms with Crippen molar-refractivity contribution in [2.45, 2.75) is 32.6 Å². The number of aromatic nitrogens is 1. The number of nitrogens with two attached hydrogens (primary N) is 1. The fourth-order valence-corrected chi connectivity index (χ4v) is 4.40. The van der Waals surface area contributed by atoms with Crippen LogP contribution in [0.1, 0.15) is 47.8 Å². The van der Waals surface area contributed by atoms with Gasteiger partial charge < -0.3 is 10.6 Å². The summed E-state index contributed by atoms with van der Waals surface area (Å²) < 4.78 is 0. The molecule has 3 rings (SSSR count). The van der Waals surface area contributed by atoms with E-state index in [0.717, 1.165) is 35.2 Å². The second kappa shape index (κ2) is 6.28. The lowest BCUT2D eigenvalue weighted by Crippen LogP contribution is -2.41. The number of thiophene rings is 1. The van der Waals surface area contributed by atoms with Crippen molar-refractivity contribution in [1.29, 1.82) is 0 Å². The first-order valence-corrected chi connectivity index (χ1v) is 8.76. The Morgan fingerprint density at radius 1 is 1.43 bits per heavy atom. The van der Waals surface area contributed by atoms with Gasteiger partial charge in [0.1, 0.15) is 4.83 Å². The summed E-state index contributed by atoms with van der Waals surface area (Å²) in [4.78, 5) is 31.9. The van der Waals surface area contributed by atoms with E-state index in [9.17, 15) is 9.59 Å². The number of hydrogen-bond donors (Lipinski definition) is 1. The summed E-state index contributed by atoms with van der Waals surface area (Å²) in [5, 5.41) is 0.996. The quantitative estimate of drug-likeness (QED) is 0.939. The predicted octanol–water partition coefficient (Wildman–Crippen LogP) is 2.76. The molecule has 0 bridgehead atoms. The van der Waals surface area contributed by atoms with Crippen LogP contribution in [-0.2, 0) is 4.79 Å². The van der Waals surface area contributed by atoms with E-state index in [1.807, 2.05) is 30.9 Å². The Bertz CT molecular complexity index is 753. The van der Waals surface area contributed by atoms with Gasteiger partial charge in [0.2, 0.25) is 5.91 Å². The number of amides is 2. The number of rotatable bonds is 3. The molecule has 6 heteroatoms. The molecule has 2 aromatic heterocycles. The number of carbonyl (C=O) groups excluding carboxylic acids is 2.